The van der Waals surface area contributed by atoms with Gasteiger partial charge in [0.05, 0.1) is 6.10 Å². The summed E-state index contributed by atoms with van der Waals surface area (Å²) in [6.07, 6.45) is 2.84. The molecule has 1 heterocycles. The van der Waals surface area contributed by atoms with Crippen molar-refractivity contribution >= 4 is 5.91 Å². The summed E-state index contributed by atoms with van der Waals surface area (Å²) < 4.78 is 5.34. The van der Waals surface area contributed by atoms with Crippen molar-refractivity contribution in [1.82, 2.24) is 9.80 Å². The number of nitrogens with zero attached hydrogens (tertiary/aromatic N) is 2. The van der Waals surface area contributed by atoms with E-state index in [-0.39, 0.29) is 18.6 Å². The molecule has 0 aromatic rings. The molecule has 16 heavy (non-hydrogen) atoms. The summed E-state index contributed by atoms with van der Waals surface area (Å²) in [6, 6.07) is 0.823. The summed E-state index contributed by atoms with van der Waals surface area (Å²) in [5.74, 6) is 0.143. The van der Waals surface area contributed by atoms with Crippen molar-refractivity contribution in [2.24, 2.45) is 0 Å². The van der Waals surface area contributed by atoms with Crippen LogP contribution in [0.1, 0.15) is 26.7 Å². The highest BCUT2D eigenvalue weighted by atomic mass is 16.5. The maximum absolute atomic E-state index is 11.8. The second kappa shape index (κ2) is 5.15. The molecule has 0 bridgehead atoms. The number of hydrogen-bond donors (Lipinski definition) is 0. The van der Waals surface area contributed by atoms with Crippen LogP contribution in [-0.4, -0.2) is 60.6 Å². The summed E-state index contributed by atoms with van der Waals surface area (Å²) in [6.45, 7) is 7.97. The zero-order valence-corrected chi connectivity index (χ0v) is 10.3. The van der Waals surface area contributed by atoms with E-state index in [0.29, 0.717) is 0 Å². The van der Waals surface area contributed by atoms with Gasteiger partial charge in [-0.05, 0) is 26.7 Å². The third-order valence-electron chi connectivity index (χ3n) is 3.27. The SMILES string of the molecule is CC(C)OCC(=O)N1CCN(C2CC2)CC1. The standard InChI is InChI=1S/C12H22N2O2/c1-10(2)16-9-12(15)14-7-5-13(6-8-14)11-3-4-11/h10-11H,3-9H2,1-2H3. The number of amides is 1. The Kier molecular flexibility index (Phi) is 3.82. The van der Waals surface area contributed by atoms with E-state index in [4.69, 9.17) is 4.74 Å². The van der Waals surface area contributed by atoms with E-state index in [2.05, 4.69) is 4.90 Å². The largest absolute Gasteiger partial charge is 0.369 e. The fourth-order valence-electron chi connectivity index (χ4n) is 2.11. The smallest absolute Gasteiger partial charge is 0.248 e. The Hall–Kier alpha value is -0.610. The van der Waals surface area contributed by atoms with Gasteiger partial charge < -0.3 is 9.64 Å². The van der Waals surface area contributed by atoms with Crippen molar-refractivity contribution in [3.8, 4) is 0 Å². The minimum atomic E-state index is 0.136. The van der Waals surface area contributed by atoms with Crippen molar-refractivity contribution in [3.05, 3.63) is 0 Å². The number of hydrogen-bond acceptors (Lipinski definition) is 3. The molecule has 0 radical (unpaired) electrons. The first-order valence-electron chi connectivity index (χ1n) is 6.30. The van der Waals surface area contributed by atoms with Crippen LogP contribution in [0.25, 0.3) is 0 Å². The summed E-state index contributed by atoms with van der Waals surface area (Å²) in [7, 11) is 0. The van der Waals surface area contributed by atoms with Crippen LogP contribution >= 0.6 is 0 Å². The number of rotatable bonds is 4. The molecule has 4 nitrogen and oxygen atoms in total. The van der Waals surface area contributed by atoms with E-state index in [9.17, 15) is 4.79 Å². The average Bonchev–Trinajstić information content (AvgIpc) is 3.10. The Balaban J connectivity index is 1.68. The third-order valence-corrected chi connectivity index (χ3v) is 3.27. The highest BCUT2D eigenvalue weighted by Crippen LogP contribution is 2.27. The highest BCUT2D eigenvalue weighted by Gasteiger charge is 2.32. The number of carbonyl (C=O) groups excluding carboxylic acids is 1. The Morgan fingerprint density at radius 2 is 1.88 bits per heavy atom. The number of piperazine rings is 1. The van der Waals surface area contributed by atoms with Gasteiger partial charge in [0, 0.05) is 32.2 Å². The Labute approximate surface area is 97.5 Å². The first-order valence-corrected chi connectivity index (χ1v) is 6.30. The molecule has 2 aliphatic rings. The molecule has 4 heteroatoms. The van der Waals surface area contributed by atoms with Crippen LogP contribution in [0, 0.1) is 0 Å². The molecule has 1 saturated heterocycles. The zero-order valence-electron chi connectivity index (χ0n) is 10.3. The van der Waals surface area contributed by atoms with Gasteiger partial charge in [-0.1, -0.05) is 0 Å². The van der Waals surface area contributed by atoms with Crippen LogP contribution in [0.3, 0.4) is 0 Å². The first kappa shape index (κ1) is 11.9. The molecule has 1 saturated carbocycles. The van der Waals surface area contributed by atoms with E-state index in [1.807, 2.05) is 18.7 Å². The van der Waals surface area contributed by atoms with Gasteiger partial charge in [-0.3, -0.25) is 9.69 Å². The molecule has 92 valence electrons. The molecule has 0 aromatic heterocycles. The summed E-state index contributed by atoms with van der Waals surface area (Å²) >= 11 is 0. The second-order valence-electron chi connectivity index (χ2n) is 5.01. The number of carbonyl (C=O) groups is 1. The van der Waals surface area contributed by atoms with Crippen molar-refractivity contribution in [2.75, 3.05) is 32.8 Å². The molecular weight excluding hydrogens is 204 g/mol. The molecule has 0 aromatic carbocycles. The van der Waals surface area contributed by atoms with Gasteiger partial charge in [0.25, 0.3) is 0 Å². The van der Waals surface area contributed by atoms with Gasteiger partial charge in [-0.15, -0.1) is 0 Å². The van der Waals surface area contributed by atoms with Gasteiger partial charge in [-0.2, -0.15) is 0 Å². The number of ether oxygens (including phenoxy) is 1. The maximum Gasteiger partial charge on any atom is 0.248 e. The fraction of sp³-hybridized carbons (Fsp3) is 0.917. The Morgan fingerprint density at radius 3 is 2.38 bits per heavy atom. The van der Waals surface area contributed by atoms with Crippen LogP contribution in [0.4, 0.5) is 0 Å². The second-order valence-corrected chi connectivity index (χ2v) is 5.01. The predicted octanol–water partition coefficient (Wildman–Crippen LogP) is 0.718. The van der Waals surface area contributed by atoms with Gasteiger partial charge in [0.2, 0.25) is 5.91 Å². The van der Waals surface area contributed by atoms with Gasteiger partial charge >= 0.3 is 0 Å². The van der Waals surface area contributed by atoms with E-state index in [0.717, 1.165) is 32.2 Å². The summed E-state index contributed by atoms with van der Waals surface area (Å²) in [5.41, 5.74) is 0. The van der Waals surface area contributed by atoms with Crippen molar-refractivity contribution in [2.45, 2.75) is 38.8 Å². The molecule has 2 fully saturated rings. The van der Waals surface area contributed by atoms with Gasteiger partial charge in [0.15, 0.2) is 0 Å². The maximum atomic E-state index is 11.8. The van der Waals surface area contributed by atoms with Crippen molar-refractivity contribution in [3.63, 3.8) is 0 Å². The lowest BCUT2D eigenvalue weighted by Crippen LogP contribution is -2.50. The molecule has 0 atom stereocenters. The molecule has 0 spiro atoms. The van der Waals surface area contributed by atoms with Crippen LogP contribution in [0.15, 0.2) is 0 Å². The van der Waals surface area contributed by atoms with Crippen LogP contribution in [-0.2, 0) is 9.53 Å². The van der Waals surface area contributed by atoms with Crippen molar-refractivity contribution < 1.29 is 9.53 Å². The first-order chi connectivity index (χ1) is 7.66. The lowest BCUT2D eigenvalue weighted by molar-refractivity contribution is -0.139. The third kappa shape index (κ3) is 3.19. The minimum Gasteiger partial charge on any atom is -0.369 e. The molecule has 0 N–H and O–H groups in total. The predicted molar refractivity (Wildman–Crippen MR) is 62.3 cm³/mol. The molecule has 1 aliphatic heterocycles. The van der Waals surface area contributed by atoms with Crippen molar-refractivity contribution in [1.29, 1.82) is 0 Å². The minimum absolute atomic E-state index is 0.136. The topological polar surface area (TPSA) is 32.8 Å². The normalized spacial score (nSPS) is 22.8. The van der Waals surface area contributed by atoms with E-state index < -0.39 is 0 Å². The average molecular weight is 226 g/mol. The van der Waals surface area contributed by atoms with Gasteiger partial charge in [-0.25, -0.2) is 0 Å². The van der Waals surface area contributed by atoms with E-state index in [1.165, 1.54) is 12.8 Å². The Morgan fingerprint density at radius 1 is 1.25 bits per heavy atom. The molecule has 2 rings (SSSR count). The monoisotopic (exact) mass is 226 g/mol. The van der Waals surface area contributed by atoms with Crippen LogP contribution in [0.2, 0.25) is 0 Å². The molecule has 1 aliphatic carbocycles. The highest BCUT2D eigenvalue weighted by molar-refractivity contribution is 5.77. The quantitative estimate of drug-likeness (QED) is 0.708. The van der Waals surface area contributed by atoms with Gasteiger partial charge in [0.1, 0.15) is 6.61 Å². The summed E-state index contributed by atoms with van der Waals surface area (Å²) in [5, 5.41) is 0. The Bertz CT molecular complexity index is 243. The van der Waals surface area contributed by atoms with Crippen LogP contribution < -0.4 is 0 Å². The summed E-state index contributed by atoms with van der Waals surface area (Å²) in [4.78, 5) is 16.2. The lowest BCUT2D eigenvalue weighted by atomic mass is 10.3. The lowest BCUT2D eigenvalue weighted by Gasteiger charge is -2.34. The van der Waals surface area contributed by atoms with E-state index >= 15 is 0 Å². The fourth-order valence-corrected chi connectivity index (χ4v) is 2.11. The zero-order chi connectivity index (χ0) is 11.5. The van der Waals surface area contributed by atoms with E-state index in [1.54, 1.807) is 0 Å². The molecular formula is C12H22N2O2. The molecule has 0 unspecified atom stereocenters. The molecule has 1 amide bonds. The van der Waals surface area contributed by atoms with Crippen LogP contribution in [0.5, 0.6) is 0 Å².